The summed E-state index contributed by atoms with van der Waals surface area (Å²) >= 11 is 0. The third-order valence-electron chi connectivity index (χ3n) is 5.50. The zero-order valence-electron chi connectivity index (χ0n) is 16.8. The maximum Gasteiger partial charge on any atom is 0.241 e. The third-order valence-corrected chi connectivity index (χ3v) is 5.50. The number of aryl methyl sites for hydroxylation is 1. The Morgan fingerprint density at radius 3 is 2.80 bits per heavy atom. The summed E-state index contributed by atoms with van der Waals surface area (Å²) in [6.45, 7) is 1.66. The second-order valence-corrected chi connectivity index (χ2v) is 7.70. The van der Waals surface area contributed by atoms with Crippen LogP contribution in [0.2, 0.25) is 0 Å². The first-order valence-electron chi connectivity index (χ1n) is 10.1. The summed E-state index contributed by atoms with van der Waals surface area (Å²) in [5, 5.41) is 7.28. The number of amides is 1. The van der Waals surface area contributed by atoms with E-state index in [-0.39, 0.29) is 11.9 Å². The van der Waals surface area contributed by atoms with Crippen LogP contribution in [0.25, 0.3) is 22.6 Å². The van der Waals surface area contributed by atoms with Crippen molar-refractivity contribution >= 4 is 22.7 Å². The molecule has 1 saturated heterocycles. The predicted molar refractivity (Wildman–Crippen MR) is 115 cm³/mol. The summed E-state index contributed by atoms with van der Waals surface area (Å²) in [7, 11) is 1.90. The molecule has 152 valence electrons. The zero-order chi connectivity index (χ0) is 20.5. The maximum absolute atomic E-state index is 12.9. The lowest BCUT2D eigenvalue weighted by Gasteiger charge is -2.23. The van der Waals surface area contributed by atoms with Gasteiger partial charge in [0.15, 0.2) is 5.58 Å². The normalized spacial score (nSPS) is 16.9. The van der Waals surface area contributed by atoms with E-state index in [1.54, 1.807) is 4.68 Å². The first-order valence-corrected chi connectivity index (χ1v) is 10.1. The molecule has 0 bridgehead atoms. The lowest BCUT2D eigenvalue weighted by Crippen LogP contribution is -2.39. The molecule has 2 aromatic heterocycles. The van der Waals surface area contributed by atoms with Crippen molar-refractivity contribution in [1.82, 2.24) is 19.7 Å². The summed E-state index contributed by atoms with van der Waals surface area (Å²) in [6, 6.07) is 15.2. The van der Waals surface area contributed by atoms with Gasteiger partial charge in [0.05, 0.1) is 12.2 Å². The average Bonchev–Trinajstić information content (AvgIpc) is 3.48. The van der Waals surface area contributed by atoms with Crippen molar-refractivity contribution in [2.24, 2.45) is 7.05 Å². The summed E-state index contributed by atoms with van der Waals surface area (Å²) < 4.78 is 7.61. The third kappa shape index (κ3) is 3.71. The minimum Gasteiger partial charge on any atom is -0.436 e. The number of hydrogen-bond donors (Lipinski definition) is 1. The molecule has 1 fully saturated rings. The molecule has 2 aromatic carbocycles. The van der Waals surface area contributed by atoms with Gasteiger partial charge in [0, 0.05) is 36.6 Å². The predicted octanol–water partition coefficient (Wildman–Crippen LogP) is 3.83. The van der Waals surface area contributed by atoms with Crippen LogP contribution >= 0.6 is 0 Å². The Hall–Kier alpha value is -3.45. The van der Waals surface area contributed by atoms with Gasteiger partial charge in [-0.25, -0.2) is 4.98 Å². The van der Waals surface area contributed by atoms with Crippen molar-refractivity contribution in [2.75, 3.05) is 11.9 Å². The van der Waals surface area contributed by atoms with Gasteiger partial charge in [-0.15, -0.1) is 0 Å². The fraction of sp³-hybridized carbons (Fsp3) is 0.261. The van der Waals surface area contributed by atoms with Crippen molar-refractivity contribution in [3.63, 3.8) is 0 Å². The highest BCUT2D eigenvalue weighted by atomic mass is 16.3. The van der Waals surface area contributed by atoms with E-state index in [1.807, 2.05) is 68.0 Å². The Morgan fingerprint density at radius 2 is 2.03 bits per heavy atom. The Kier molecular flexibility index (Phi) is 4.80. The topological polar surface area (TPSA) is 76.2 Å². The number of oxazole rings is 1. The minimum atomic E-state index is -0.123. The Bertz CT molecular complexity index is 1140. The van der Waals surface area contributed by atoms with Gasteiger partial charge in [0.2, 0.25) is 11.8 Å². The summed E-state index contributed by atoms with van der Waals surface area (Å²) in [4.78, 5) is 19.6. The monoisotopic (exact) mass is 401 g/mol. The van der Waals surface area contributed by atoms with Crippen LogP contribution in [-0.4, -0.2) is 38.2 Å². The standard InChI is InChI=1S/C23H23N5O2/c1-27-14-16(13-24-27)15-28-12-4-6-20(28)22(29)25-18-10-8-17(9-11-18)23-26-19-5-2-3-7-21(19)30-23/h2-3,5,7-11,13-14,20H,4,6,12,15H2,1H3,(H,25,29)/t20-/m0/s1. The number of likely N-dealkylation sites (tertiary alicyclic amines) is 1. The first kappa shape index (κ1) is 18.6. The Morgan fingerprint density at radius 1 is 1.20 bits per heavy atom. The van der Waals surface area contributed by atoms with Gasteiger partial charge < -0.3 is 9.73 Å². The lowest BCUT2D eigenvalue weighted by atomic mass is 10.1. The molecule has 7 heteroatoms. The number of rotatable bonds is 5. The van der Waals surface area contributed by atoms with Crippen molar-refractivity contribution in [3.8, 4) is 11.5 Å². The lowest BCUT2D eigenvalue weighted by molar-refractivity contribution is -0.120. The molecule has 3 heterocycles. The van der Waals surface area contributed by atoms with Crippen molar-refractivity contribution in [2.45, 2.75) is 25.4 Å². The average molecular weight is 401 g/mol. The number of anilines is 1. The van der Waals surface area contributed by atoms with Crippen LogP contribution in [0.1, 0.15) is 18.4 Å². The molecule has 1 atom stereocenters. The van der Waals surface area contributed by atoms with Crippen molar-refractivity contribution < 1.29 is 9.21 Å². The number of nitrogens with zero attached hydrogens (tertiary/aromatic N) is 4. The highest BCUT2D eigenvalue weighted by Gasteiger charge is 2.30. The molecule has 0 aliphatic carbocycles. The fourth-order valence-corrected chi connectivity index (χ4v) is 4.02. The van der Waals surface area contributed by atoms with E-state index in [4.69, 9.17) is 4.42 Å². The van der Waals surface area contributed by atoms with Crippen LogP contribution in [0.15, 0.2) is 65.3 Å². The highest BCUT2D eigenvalue weighted by Crippen LogP contribution is 2.26. The van der Waals surface area contributed by atoms with Crippen LogP contribution in [0, 0.1) is 0 Å². The molecule has 4 aromatic rings. The molecule has 1 aliphatic rings. The van der Waals surface area contributed by atoms with Gasteiger partial charge in [-0.05, 0) is 55.8 Å². The van der Waals surface area contributed by atoms with E-state index in [0.717, 1.165) is 53.8 Å². The van der Waals surface area contributed by atoms with Gasteiger partial charge >= 0.3 is 0 Å². The summed E-state index contributed by atoms with van der Waals surface area (Å²) in [6.07, 6.45) is 5.75. The number of para-hydroxylation sites is 2. The smallest absolute Gasteiger partial charge is 0.241 e. The largest absolute Gasteiger partial charge is 0.436 e. The zero-order valence-corrected chi connectivity index (χ0v) is 16.8. The second kappa shape index (κ2) is 7.76. The van der Waals surface area contributed by atoms with Crippen LogP contribution in [0.4, 0.5) is 5.69 Å². The van der Waals surface area contributed by atoms with Crippen LogP contribution in [-0.2, 0) is 18.4 Å². The maximum atomic E-state index is 12.9. The number of aromatic nitrogens is 3. The van der Waals surface area contributed by atoms with Crippen molar-refractivity contribution in [1.29, 1.82) is 0 Å². The number of carbonyl (C=O) groups is 1. The van der Waals surface area contributed by atoms with Crippen molar-refractivity contribution in [3.05, 3.63) is 66.5 Å². The Labute approximate surface area is 174 Å². The van der Waals surface area contributed by atoms with E-state index < -0.39 is 0 Å². The van der Waals surface area contributed by atoms with Gasteiger partial charge in [0.1, 0.15) is 5.52 Å². The van der Waals surface area contributed by atoms with E-state index in [1.165, 1.54) is 0 Å². The van der Waals surface area contributed by atoms with Gasteiger partial charge in [0.25, 0.3) is 0 Å². The number of nitrogens with one attached hydrogen (secondary N) is 1. The summed E-state index contributed by atoms with van der Waals surface area (Å²) in [5.41, 5.74) is 4.37. The molecule has 0 spiro atoms. The molecular weight excluding hydrogens is 378 g/mol. The van der Waals surface area contributed by atoms with Crippen LogP contribution in [0.3, 0.4) is 0 Å². The Balaban J connectivity index is 1.26. The number of fused-ring (bicyclic) bond motifs is 1. The van der Waals surface area contributed by atoms with E-state index >= 15 is 0 Å². The highest BCUT2D eigenvalue weighted by molar-refractivity contribution is 5.95. The van der Waals surface area contributed by atoms with E-state index in [2.05, 4.69) is 20.3 Å². The molecule has 30 heavy (non-hydrogen) atoms. The molecule has 5 rings (SSSR count). The molecule has 1 amide bonds. The van der Waals surface area contributed by atoms with Gasteiger partial charge in [-0.2, -0.15) is 5.10 Å². The SMILES string of the molecule is Cn1cc(CN2CCC[C@H]2C(=O)Nc2ccc(-c3nc4ccccc4o3)cc2)cn1. The van der Waals surface area contributed by atoms with Gasteiger partial charge in [-0.1, -0.05) is 12.1 Å². The molecule has 0 radical (unpaired) electrons. The second-order valence-electron chi connectivity index (χ2n) is 7.70. The molecule has 0 unspecified atom stereocenters. The van der Waals surface area contributed by atoms with Crippen LogP contribution in [0.5, 0.6) is 0 Å². The summed E-state index contributed by atoms with van der Waals surface area (Å²) in [5.74, 6) is 0.610. The molecular formula is C23H23N5O2. The van der Waals surface area contributed by atoms with E-state index in [9.17, 15) is 4.79 Å². The van der Waals surface area contributed by atoms with Gasteiger partial charge in [-0.3, -0.25) is 14.4 Å². The molecule has 0 saturated carbocycles. The quantitative estimate of drug-likeness (QED) is 0.550. The minimum absolute atomic E-state index is 0.0333. The van der Waals surface area contributed by atoms with E-state index in [0.29, 0.717) is 5.89 Å². The fourth-order valence-electron chi connectivity index (χ4n) is 4.02. The first-order chi connectivity index (χ1) is 14.7. The number of benzene rings is 2. The number of carbonyl (C=O) groups excluding carboxylic acids is 1. The molecule has 1 aliphatic heterocycles. The molecule has 1 N–H and O–H groups in total. The number of hydrogen-bond acceptors (Lipinski definition) is 5. The molecule has 7 nitrogen and oxygen atoms in total. The van der Waals surface area contributed by atoms with Crippen LogP contribution < -0.4 is 5.32 Å².